The maximum Gasteiger partial charge on any atom is 0.410 e. The first-order valence-corrected chi connectivity index (χ1v) is 8.33. The minimum atomic E-state index is -0.306. The lowest BCUT2D eigenvalue weighted by atomic mass is 9.67. The number of rotatable bonds is 5. The lowest BCUT2D eigenvalue weighted by Gasteiger charge is -2.42. The van der Waals surface area contributed by atoms with Crippen molar-refractivity contribution in [1.29, 1.82) is 0 Å². The molecule has 1 heterocycles. The van der Waals surface area contributed by atoms with Gasteiger partial charge in [0.1, 0.15) is 12.4 Å². The Balaban J connectivity index is 1.57. The first-order chi connectivity index (χ1) is 10.7. The summed E-state index contributed by atoms with van der Waals surface area (Å²) in [7, 11) is 0. The minimum absolute atomic E-state index is 0.0181. The van der Waals surface area contributed by atoms with Gasteiger partial charge in [-0.05, 0) is 24.8 Å². The number of ketones is 1. The molecule has 2 aliphatic rings. The van der Waals surface area contributed by atoms with Gasteiger partial charge >= 0.3 is 6.09 Å². The van der Waals surface area contributed by atoms with E-state index in [1.807, 2.05) is 30.3 Å². The molecule has 1 aliphatic carbocycles. The molecule has 0 bridgehead atoms. The lowest BCUT2D eigenvalue weighted by molar-refractivity contribution is -0.140. The van der Waals surface area contributed by atoms with Crippen LogP contribution >= 0.6 is 11.6 Å². The van der Waals surface area contributed by atoms with Crippen molar-refractivity contribution in [2.45, 2.75) is 31.9 Å². The average molecular weight is 322 g/mol. The van der Waals surface area contributed by atoms with Gasteiger partial charge in [0.15, 0.2) is 0 Å². The molecule has 118 valence electrons. The van der Waals surface area contributed by atoms with Crippen molar-refractivity contribution < 1.29 is 14.3 Å². The lowest BCUT2D eigenvalue weighted by Crippen LogP contribution is -2.56. The Kier molecular flexibility index (Phi) is 4.67. The fraction of sp³-hybridized carbons (Fsp3) is 0.529. The topological polar surface area (TPSA) is 46.6 Å². The van der Waals surface area contributed by atoms with E-state index in [1.54, 1.807) is 4.90 Å². The Hall–Kier alpha value is -1.55. The summed E-state index contributed by atoms with van der Waals surface area (Å²) in [4.78, 5) is 26.1. The van der Waals surface area contributed by atoms with E-state index in [9.17, 15) is 9.59 Å². The summed E-state index contributed by atoms with van der Waals surface area (Å²) in [5.74, 6) is 0.827. The van der Waals surface area contributed by atoms with Gasteiger partial charge in [-0.2, -0.15) is 0 Å². The van der Waals surface area contributed by atoms with E-state index in [-0.39, 0.29) is 30.6 Å². The van der Waals surface area contributed by atoms with Gasteiger partial charge in [-0.1, -0.05) is 30.3 Å². The van der Waals surface area contributed by atoms with E-state index < -0.39 is 0 Å². The van der Waals surface area contributed by atoms with E-state index >= 15 is 0 Å². The van der Waals surface area contributed by atoms with Crippen molar-refractivity contribution >= 4 is 23.5 Å². The number of Topliss-reactive ketones (excluding diaryl/α,β-unsaturated/α-hetero) is 1. The molecule has 3 rings (SSSR count). The number of benzene rings is 1. The van der Waals surface area contributed by atoms with Crippen LogP contribution in [0.1, 0.15) is 24.8 Å². The predicted molar refractivity (Wildman–Crippen MR) is 83.7 cm³/mol. The van der Waals surface area contributed by atoms with Crippen molar-refractivity contribution in [2.24, 2.45) is 11.8 Å². The second-order valence-corrected chi connectivity index (χ2v) is 6.34. The Morgan fingerprint density at radius 1 is 1.32 bits per heavy atom. The molecule has 0 N–H and O–H groups in total. The molecule has 0 unspecified atom stereocenters. The molecule has 0 spiro atoms. The van der Waals surface area contributed by atoms with Crippen LogP contribution in [0.2, 0.25) is 0 Å². The normalized spacial score (nSPS) is 26.5. The van der Waals surface area contributed by atoms with Crippen molar-refractivity contribution in [3.8, 4) is 0 Å². The summed E-state index contributed by atoms with van der Waals surface area (Å²) < 4.78 is 5.40. The summed E-state index contributed by atoms with van der Waals surface area (Å²) in [6, 6.07) is 9.65. The van der Waals surface area contributed by atoms with Crippen LogP contribution < -0.4 is 0 Å². The first kappa shape index (κ1) is 15.3. The zero-order chi connectivity index (χ0) is 15.5. The second kappa shape index (κ2) is 6.69. The van der Waals surface area contributed by atoms with Gasteiger partial charge in [-0.25, -0.2) is 4.79 Å². The van der Waals surface area contributed by atoms with Gasteiger partial charge in [0.05, 0.1) is 6.04 Å². The Morgan fingerprint density at radius 2 is 2.09 bits per heavy atom. The van der Waals surface area contributed by atoms with Gasteiger partial charge in [0.2, 0.25) is 0 Å². The van der Waals surface area contributed by atoms with E-state index in [4.69, 9.17) is 16.3 Å². The third-order valence-corrected chi connectivity index (χ3v) is 4.95. The van der Waals surface area contributed by atoms with Crippen LogP contribution in [0.5, 0.6) is 0 Å². The van der Waals surface area contributed by atoms with Crippen LogP contribution in [0.4, 0.5) is 4.79 Å². The molecule has 4 nitrogen and oxygen atoms in total. The Bertz CT molecular complexity index is 548. The summed E-state index contributed by atoms with van der Waals surface area (Å²) in [5, 5.41) is 0. The molecule has 5 heteroatoms. The quantitative estimate of drug-likeness (QED) is 0.782. The van der Waals surface area contributed by atoms with E-state index in [0.717, 1.165) is 24.8 Å². The molecule has 1 saturated carbocycles. The number of alkyl halides is 1. The van der Waals surface area contributed by atoms with Gasteiger partial charge in [-0.15, -0.1) is 11.6 Å². The minimum Gasteiger partial charge on any atom is -0.445 e. The van der Waals surface area contributed by atoms with Crippen LogP contribution in [0.25, 0.3) is 0 Å². The molecule has 1 saturated heterocycles. The van der Waals surface area contributed by atoms with Crippen molar-refractivity contribution in [1.82, 2.24) is 4.90 Å². The molecular weight excluding hydrogens is 302 g/mol. The molecule has 1 aliphatic heterocycles. The van der Waals surface area contributed by atoms with Crippen molar-refractivity contribution in [3.05, 3.63) is 35.9 Å². The van der Waals surface area contributed by atoms with Gasteiger partial charge in [0.25, 0.3) is 0 Å². The fourth-order valence-electron chi connectivity index (χ4n) is 3.57. The summed E-state index contributed by atoms with van der Waals surface area (Å²) >= 11 is 5.72. The fourth-order valence-corrected chi connectivity index (χ4v) is 3.73. The maximum atomic E-state index is 12.3. The number of fused-ring (bicyclic) bond motifs is 1. The Labute approximate surface area is 135 Å². The highest BCUT2D eigenvalue weighted by Crippen LogP contribution is 2.44. The zero-order valence-corrected chi connectivity index (χ0v) is 13.2. The van der Waals surface area contributed by atoms with Gasteiger partial charge in [-0.3, -0.25) is 4.79 Å². The number of carbonyl (C=O) groups excluding carboxylic acids is 2. The predicted octanol–water partition coefficient (Wildman–Crippen LogP) is 3.23. The van der Waals surface area contributed by atoms with Crippen LogP contribution in [-0.2, 0) is 16.1 Å². The number of hydrogen-bond donors (Lipinski definition) is 0. The van der Waals surface area contributed by atoms with Gasteiger partial charge < -0.3 is 9.64 Å². The highest BCUT2D eigenvalue weighted by Gasteiger charge is 2.56. The smallest absolute Gasteiger partial charge is 0.410 e. The molecule has 1 amide bonds. The maximum absolute atomic E-state index is 12.3. The molecular formula is C17H20ClNO3. The van der Waals surface area contributed by atoms with Crippen LogP contribution in [0, 0.1) is 11.8 Å². The number of likely N-dealkylation sites (tertiary alicyclic amines) is 1. The number of carbonyl (C=O) groups is 2. The largest absolute Gasteiger partial charge is 0.445 e. The number of ether oxygens (including phenoxy) is 1. The Morgan fingerprint density at radius 3 is 2.82 bits per heavy atom. The summed E-state index contributed by atoms with van der Waals surface area (Å²) in [5.41, 5.74) is 0.968. The summed E-state index contributed by atoms with van der Waals surface area (Å²) in [6.45, 7) is 0.889. The first-order valence-electron chi connectivity index (χ1n) is 7.79. The molecule has 1 aromatic rings. The summed E-state index contributed by atoms with van der Waals surface area (Å²) in [6.07, 6.45) is 2.04. The highest BCUT2D eigenvalue weighted by atomic mass is 35.5. The number of halogens is 1. The van der Waals surface area contributed by atoms with Crippen LogP contribution in [0.3, 0.4) is 0 Å². The molecule has 2 fully saturated rings. The number of hydrogen-bond acceptors (Lipinski definition) is 3. The van der Waals surface area contributed by atoms with E-state index in [1.165, 1.54) is 0 Å². The van der Waals surface area contributed by atoms with Crippen LogP contribution in [-0.4, -0.2) is 35.2 Å². The SMILES string of the molecule is O=C1[C@H]2CCN(C(=O)OCc3ccccc3)[C@H]2[C@H]1CCCCl. The average Bonchev–Trinajstić information content (AvgIpc) is 2.94. The third-order valence-electron chi connectivity index (χ3n) is 4.68. The molecule has 1 aromatic carbocycles. The van der Waals surface area contributed by atoms with Crippen molar-refractivity contribution in [3.63, 3.8) is 0 Å². The van der Waals surface area contributed by atoms with Crippen LogP contribution in [0.15, 0.2) is 30.3 Å². The van der Waals surface area contributed by atoms with Crippen molar-refractivity contribution in [2.75, 3.05) is 12.4 Å². The van der Waals surface area contributed by atoms with E-state index in [2.05, 4.69) is 0 Å². The molecule has 0 radical (unpaired) electrons. The van der Waals surface area contributed by atoms with E-state index in [0.29, 0.717) is 18.2 Å². The molecule has 3 atom stereocenters. The monoisotopic (exact) mass is 321 g/mol. The molecule has 0 aromatic heterocycles. The zero-order valence-electron chi connectivity index (χ0n) is 12.4. The second-order valence-electron chi connectivity index (χ2n) is 5.96. The highest BCUT2D eigenvalue weighted by molar-refractivity contribution is 6.17. The standard InChI is InChI=1S/C17H20ClNO3/c18-9-4-7-13-15-14(16(13)20)8-10-19(15)17(21)22-11-12-5-2-1-3-6-12/h1-3,5-6,13-15H,4,7-11H2/t13-,14+,15+/m1/s1. The number of nitrogens with zero attached hydrogens (tertiary/aromatic N) is 1. The molecule has 22 heavy (non-hydrogen) atoms. The van der Waals surface area contributed by atoms with Gasteiger partial charge in [0, 0.05) is 24.3 Å². The number of amides is 1. The third kappa shape index (κ3) is 2.84.